The monoisotopic (exact) mass is 464 g/mol. The van der Waals surface area contributed by atoms with Gasteiger partial charge in [0.1, 0.15) is 23.0 Å². The van der Waals surface area contributed by atoms with Crippen LogP contribution < -0.4 is 4.74 Å². The molecule has 1 aliphatic rings. The third-order valence-electron chi connectivity index (χ3n) is 7.86. The van der Waals surface area contributed by atoms with Crippen LogP contribution in [0.25, 0.3) is 11.1 Å². The van der Waals surface area contributed by atoms with Gasteiger partial charge in [-0.3, -0.25) is 0 Å². The molecule has 1 heterocycles. The van der Waals surface area contributed by atoms with Gasteiger partial charge in [-0.1, -0.05) is 61.5 Å². The van der Waals surface area contributed by atoms with Gasteiger partial charge in [0.05, 0.1) is 0 Å². The molecule has 0 fully saturated rings. The van der Waals surface area contributed by atoms with Crippen molar-refractivity contribution < 1.29 is 14.9 Å². The summed E-state index contributed by atoms with van der Waals surface area (Å²) in [7, 11) is 0. The molecule has 3 heteroatoms. The number of ether oxygens (including phenoxy) is 1. The van der Waals surface area contributed by atoms with E-state index in [9.17, 15) is 10.2 Å². The van der Waals surface area contributed by atoms with Gasteiger partial charge >= 0.3 is 0 Å². The molecule has 0 amide bonds. The molecule has 3 nitrogen and oxygen atoms in total. The van der Waals surface area contributed by atoms with Crippen LogP contribution in [0.2, 0.25) is 0 Å². The third-order valence-corrected chi connectivity index (χ3v) is 7.86. The molecule has 5 rings (SSSR count). The van der Waals surface area contributed by atoms with E-state index in [1.165, 1.54) is 5.56 Å². The highest BCUT2D eigenvalue weighted by molar-refractivity contribution is 5.73. The quantitative estimate of drug-likeness (QED) is 0.283. The van der Waals surface area contributed by atoms with Gasteiger partial charge in [0, 0.05) is 22.6 Å². The summed E-state index contributed by atoms with van der Waals surface area (Å²) in [6.45, 7) is 12.0. The van der Waals surface area contributed by atoms with Crippen LogP contribution in [0.3, 0.4) is 0 Å². The van der Waals surface area contributed by atoms with Crippen molar-refractivity contribution in [1.29, 1.82) is 0 Å². The fourth-order valence-electron chi connectivity index (χ4n) is 5.52. The first kappa shape index (κ1) is 23.0. The topological polar surface area (TPSA) is 49.7 Å². The van der Waals surface area contributed by atoms with E-state index in [4.69, 9.17) is 4.74 Å². The molecule has 1 unspecified atom stereocenters. The second kappa shape index (κ2) is 8.49. The maximum atomic E-state index is 11.2. The van der Waals surface area contributed by atoms with Crippen molar-refractivity contribution in [3.63, 3.8) is 0 Å². The van der Waals surface area contributed by atoms with Crippen molar-refractivity contribution in [3.8, 4) is 34.1 Å². The van der Waals surface area contributed by atoms with Crippen molar-refractivity contribution >= 4 is 0 Å². The summed E-state index contributed by atoms with van der Waals surface area (Å²) in [5.41, 5.74) is 10.7. The maximum Gasteiger partial charge on any atom is 0.135 e. The van der Waals surface area contributed by atoms with Crippen LogP contribution in [0, 0.1) is 34.6 Å². The van der Waals surface area contributed by atoms with Gasteiger partial charge in [-0.25, -0.2) is 0 Å². The lowest BCUT2D eigenvalue weighted by Gasteiger charge is -2.35. The van der Waals surface area contributed by atoms with Crippen molar-refractivity contribution in [2.45, 2.75) is 53.9 Å². The SMILES string of the molecule is CCc1c(O)c(C)c(C)c2c1C(c1ccc(-c3ccccc3)cc1)c1c(C)c(O)c(C)c(C)c1O2. The lowest BCUT2D eigenvalue weighted by atomic mass is 9.75. The zero-order valence-electron chi connectivity index (χ0n) is 21.3. The molecular formula is C32H32O3. The molecule has 0 radical (unpaired) electrons. The van der Waals surface area contributed by atoms with Crippen LogP contribution in [-0.4, -0.2) is 10.2 Å². The van der Waals surface area contributed by atoms with Crippen LogP contribution in [0.1, 0.15) is 62.9 Å². The van der Waals surface area contributed by atoms with E-state index in [1.807, 2.05) is 52.8 Å². The summed E-state index contributed by atoms with van der Waals surface area (Å²) in [4.78, 5) is 0. The molecule has 2 N–H and O–H groups in total. The first-order valence-electron chi connectivity index (χ1n) is 12.3. The predicted molar refractivity (Wildman–Crippen MR) is 142 cm³/mol. The van der Waals surface area contributed by atoms with E-state index >= 15 is 0 Å². The number of benzene rings is 4. The summed E-state index contributed by atoms with van der Waals surface area (Å²) < 4.78 is 6.66. The predicted octanol–water partition coefficient (Wildman–Crippen LogP) is 8.16. The smallest absolute Gasteiger partial charge is 0.135 e. The summed E-state index contributed by atoms with van der Waals surface area (Å²) in [5, 5.41) is 22.2. The minimum atomic E-state index is -0.163. The van der Waals surface area contributed by atoms with E-state index in [2.05, 4.69) is 43.3 Å². The highest BCUT2D eigenvalue weighted by Crippen LogP contribution is 2.56. The Morgan fingerprint density at radius 1 is 0.629 bits per heavy atom. The largest absolute Gasteiger partial charge is 0.507 e. The number of hydrogen-bond donors (Lipinski definition) is 2. The molecule has 1 aliphatic heterocycles. The molecule has 35 heavy (non-hydrogen) atoms. The molecule has 1 atom stereocenters. The minimum Gasteiger partial charge on any atom is -0.507 e. The summed E-state index contributed by atoms with van der Waals surface area (Å²) in [5.74, 6) is 2.13. The van der Waals surface area contributed by atoms with Crippen LogP contribution >= 0.6 is 0 Å². The summed E-state index contributed by atoms with van der Waals surface area (Å²) in [6, 6.07) is 19.0. The van der Waals surface area contributed by atoms with Gasteiger partial charge in [0.15, 0.2) is 0 Å². The highest BCUT2D eigenvalue weighted by atomic mass is 16.5. The Labute approximate surface area is 207 Å². The Balaban J connectivity index is 1.82. The number of hydrogen-bond acceptors (Lipinski definition) is 3. The van der Waals surface area contributed by atoms with Crippen LogP contribution in [0.4, 0.5) is 0 Å². The molecule has 0 spiro atoms. The van der Waals surface area contributed by atoms with E-state index in [0.29, 0.717) is 17.9 Å². The average molecular weight is 465 g/mol. The van der Waals surface area contributed by atoms with Gasteiger partial charge < -0.3 is 14.9 Å². The average Bonchev–Trinajstić information content (AvgIpc) is 2.89. The van der Waals surface area contributed by atoms with Gasteiger partial charge in [0.25, 0.3) is 0 Å². The van der Waals surface area contributed by atoms with Gasteiger partial charge in [-0.05, 0) is 85.5 Å². The highest BCUT2D eigenvalue weighted by Gasteiger charge is 2.37. The molecule has 4 aromatic carbocycles. The number of rotatable bonds is 3. The standard InChI is InChI=1S/C32H32O3/c1-7-25-28-27(24-15-13-23(14-16-24)22-11-9-8-10-12-22)26-21(6)29(33)17(2)19(4)31(26)35-32(28)20(5)18(3)30(25)34/h8-16,27,33-34H,7H2,1-6H3. The Kier molecular flexibility index (Phi) is 5.59. The summed E-state index contributed by atoms with van der Waals surface area (Å²) in [6.07, 6.45) is 0.683. The zero-order valence-corrected chi connectivity index (χ0v) is 21.3. The van der Waals surface area contributed by atoms with Crippen molar-refractivity contribution in [2.75, 3.05) is 0 Å². The first-order valence-corrected chi connectivity index (χ1v) is 12.3. The number of fused-ring (bicyclic) bond motifs is 2. The Hall–Kier alpha value is -3.72. The lowest BCUT2D eigenvalue weighted by molar-refractivity contribution is 0.421. The molecule has 0 saturated heterocycles. The molecule has 0 saturated carbocycles. The second-order valence-corrected chi connectivity index (χ2v) is 9.66. The van der Waals surface area contributed by atoms with Crippen molar-refractivity contribution in [3.05, 3.63) is 105 Å². The Morgan fingerprint density at radius 2 is 1.17 bits per heavy atom. The van der Waals surface area contributed by atoms with Crippen LogP contribution in [0.5, 0.6) is 23.0 Å². The first-order chi connectivity index (χ1) is 16.8. The van der Waals surface area contributed by atoms with E-state index < -0.39 is 0 Å². The molecule has 0 bridgehead atoms. The summed E-state index contributed by atoms with van der Waals surface area (Å²) >= 11 is 0. The zero-order chi connectivity index (χ0) is 25.0. The second-order valence-electron chi connectivity index (χ2n) is 9.66. The van der Waals surface area contributed by atoms with Gasteiger partial charge in [-0.2, -0.15) is 0 Å². The van der Waals surface area contributed by atoms with Crippen LogP contribution in [-0.2, 0) is 6.42 Å². The molecule has 0 aliphatic carbocycles. The Bertz CT molecular complexity index is 1450. The third kappa shape index (κ3) is 3.41. The molecule has 4 aromatic rings. The van der Waals surface area contributed by atoms with Crippen molar-refractivity contribution in [2.24, 2.45) is 0 Å². The molecule has 178 valence electrons. The fraction of sp³-hybridized carbons (Fsp3) is 0.250. The van der Waals surface area contributed by atoms with Gasteiger partial charge in [-0.15, -0.1) is 0 Å². The Morgan fingerprint density at radius 3 is 1.77 bits per heavy atom. The van der Waals surface area contributed by atoms with Crippen LogP contribution in [0.15, 0.2) is 54.6 Å². The normalized spacial score (nSPS) is 14.3. The van der Waals surface area contributed by atoms with E-state index in [-0.39, 0.29) is 5.92 Å². The minimum absolute atomic E-state index is 0.163. The number of phenolic OH excluding ortho intramolecular Hbond substituents is 2. The lowest BCUT2D eigenvalue weighted by Crippen LogP contribution is -2.18. The fourth-order valence-corrected chi connectivity index (χ4v) is 5.52. The van der Waals surface area contributed by atoms with Crippen molar-refractivity contribution in [1.82, 2.24) is 0 Å². The van der Waals surface area contributed by atoms with E-state index in [1.54, 1.807) is 0 Å². The van der Waals surface area contributed by atoms with Gasteiger partial charge in [0.2, 0.25) is 0 Å². The van der Waals surface area contributed by atoms with E-state index in [0.717, 1.165) is 67.1 Å². The number of phenols is 2. The number of aromatic hydroxyl groups is 2. The molecule has 0 aromatic heterocycles. The maximum absolute atomic E-state index is 11.2. The molecular weight excluding hydrogens is 432 g/mol.